The molecular weight excluding hydrogens is 242 g/mol. The van der Waals surface area contributed by atoms with Gasteiger partial charge in [-0.1, -0.05) is 30.9 Å². The molecule has 0 saturated heterocycles. The van der Waals surface area contributed by atoms with E-state index in [1.807, 2.05) is 0 Å². The normalized spacial score (nSPS) is 19.2. The molecule has 0 heterocycles. The van der Waals surface area contributed by atoms with Crippen LogP contribution in [0.15, 0.2) is 6.07 Å². The summed E-state index contributed by atoms with van der Waals surface area (Å²) in [4.78, 5) is 0. The molecule has 2 rings (SSSR count). The fourth-order valence-electron chi connectivity index (χ4n) is 2.51. The Labute approximate surface area is 105 Å². The van der Waals surface area contributed by atoms with Gasteiger partial charge in [-0.25, -0.2) is 0 Å². The number of rotatable bonds is 1. The van der Waals surface area contributed by atoms with E-state index in [0.29, 0.717) is 12.8 Å². The Morgan fingerprint density at radius 1 is 1.06 bits per heavy atom. The molecule has 0 aromatic heterocycles. The first-order valence-electron chi connectivity index (χ1n) is 5.68. The first-order valence-corrected chi connectivity index (χ1v) is 6.06. The molecule has 0 radical (unpaired) electrons. The predicted octanol–water partition coefficient (Wildman–Crippen LogP) is 2.57. The van der Waals surface area contributed by atoms with Crippen molar-refractivity contribution < 1.29 is 15.3 Å². The molecule has 0 amide bonds. The van der Waals surface area contributed by atoms with E-state index >= 15 is 0 Å². The molecule has 1 aromatic rings. The Morgan fingerprint density at radius 3 is 2.24 bits per heavy atom. The molecule has 0 aliphatic heterocycles. The van der Waals surface area contributed by atoms with Crippen LogP contribution < -0.4 is 5.73 Å². The monoisotopic (exact) mass is 257 g/mol. The van der Waals surface area contributed by atoms with Gasteiger partial charge < -0.3 is 21.1 Å². The number of hydrogen-bond acceptors (Lipinski definition) is 4. The lowest BCUT2D eigenvalue weighted by molar-refractivity contribution is 0.286. The van der Waals surface area contributed by atoms with Crippen LogP contribution in [0.3, 0.4) is 0 Å². The summed E-state index contributed by atoms with van der Waals surface area (Å²) in [5, 5.41) is 29.0. The van der Waals surface area contributed by atoms with Gasteiger partial charge in [-0.3, -0.25) is 0 Å². The zero-order valence-corrected chi connectivity index (χ0v) is 10.2. The van der Waals surface area contributed by atoms with Crippen molar-refractivity contribution in [1.82, 2.24) is 0 Å². The number of benzene rings is 1. The van der Waals surface area contributed by atoms with E-state index in [0.717, 1.165) is 25.3 Å². The van der Waals surface area contributed by atoms with Crippen molar-refractivity contribution in [2.24, 2.45) is 5.73 Å². The molecule has 1 aromatic carbocycles. The van der Waals surface area contributed by atoms with Crippen LogP contribution in [0, 0.1) is 0 Å². The average Bonchev–Trinajstić information content (AvgIpc) is 2.27. The fourth-order valence-corrected chi connectivity index (χ4v) is 2.84. The van der Waals surface area contributed by atoms with E-state index < -0.39 is 11.3 Å². The summed E-state index contributed by atoms with van der Waals surface area (Å²) >= 11 is 5.99. The first kappa shape index (κ1) is 12.3. The minimum Gasteiger partial charge on any atom is -0.506 e. The molecule has 5 heteroatoms. The van der Waals surface area contributed by atoms with Crippen LogP contribution in [0.25, 0.3) is 0 Å². The maximum absolute atomic E-state index is 9.89. The van der Waals surface area contributed by atoms with Crippen molar-refractivity contribution in [1.29, 1.82) is 0 Å². The van der Waals surface area contributed by atoms with Crippen molar-refractivity contribution >= 4 is 11.6 Å². The van der Waals surface area contributed by atoms with Crippen LogP contribution >= 0.6 is 11.6 Å². The maximum atomic E-state index is 9.89. The van der Waals surface area contributed by atoms with Gasteiger partial charge in [0.1, 0.15) is 5.75 Å². The number of nitrogens with two attached hydrogens (primary N) is 1. The zero-order valence-electron chi connectivity index (χ0n) is 9.41. The highest BCUT2D eigenvalue weighted by molar-refractivity contribution is 6.33. The van der Waals surface area contributed by atoms with Gasteiger partial charge in [0, 0.05) is 17.2 Å². The third kappa shape index (κ3) is 2.03. The highest BCUT2D eigenvalue weighted by atomic mass is 35.5. The second-order valence-electron chi connectivity index (χ2n) is 4.67. The summed E-state index contributed by atoms with van der Waals surface area (Å²) in [7, 11) is 0. The van der Waals surface area contributed by atoms with Gasteiger partial charge in [-0.2, -0.15) is 0 Å². The van der Waals surface area contributed by atoms with E-state index in [4.69, 9.17) is 17.3 Å². The summed E-state index contributed by atoms with van der Waals surface area (Å²) in [5.41, 5.74) is 5.75. The van der Waals surface area contributed by atoms with Crippen molar-refractivity contribution in [2.75, 3.05) is 0 Å². The standard InChI is InChI=1S/C12H16ClNO3/c13-10-7(15)6-8(16)11(17)9(10)12(14)4-2-1-3-5-12/h6,15-17H,1-5,14H2. The van der Waals surface area contributed by atoms with E-state index in [9.17, 15) is 15.3 Å². The van der Waals surface area contributed by atoms with Gasteiger partial charge >= 0.3 is 0 Å². The van der Waals surface area contributed by atoms with Gasteiger partial charge in [0.2, 0.25) is 0 Å². The molecule has 0 spiro atoms. The molecular formula is C12H16ClNO3. The molecule has 0 atom stereocenters. The zero-order chi connectivity index (χ0) is 12.6. The van der Waals surface area contributed by atoms with E-state index in [1.165, 1.54) is 0 Å². The molecule has 0 bridgehead atoms. The van der Waals surface area contributed by atoms with Gasteiger partial charge in [0.05, 0.1) is 5.02 Å². The molecule has 5 N–H and O–H groups in total. The third-order valence-electron chi connectivity index (χ3n) is 3.44. The third-order valence-corrected chi connectivity index (χ3v) is 3.82. The molecule has 0 unspecified atom stereocenters. The van der Waals surface area contributed by atoms with Crippen LogP contribution in [0.1, 0.15) is 37.7 Å². The first-order chi connectivity index (χ1) is 7.96. The SMILES string of the molecule is NC1(c2c(O)c(O)cc(O)c2Cl)CCCCC1. The van der Waals surface area contributed by atoms with Gasteiger partial charge in [-0.05, 0) is 12.8 Å². The lowest BCUT2D eigenvalue weighted by Gasteiger charge is -2.35. The topological polar surface area (TPSA) is 86.7 Å². The summed E-state index contributed by atoms with van der Waals surface area (Å²) < 4.78 is 0. The Balaban J connectivity index is 2.57. The van der Waals surface area contributed by atoms with E-state index in [-0.39, 0.29) is 22.1 Å². The van der Waals surface area contributed by atoms with Crippen LogP contribution in [-0.2, 0) is 5.54 Å². The van der Waals surface area contributed by atoms with Gasteiger partial charge in [-0.15, -0.1) is 0 Å². The van der Waals surface area contributed by atoms with E-state index in [2.05, 4.69) is 0 Å². The number of phenols is 3. The smallest absolute Gasteiger partial charge is 0.164 e. The highest BCUT2D eigenvalue weighted by Gasteiger charge is 2.36. The Kier molecular flexibility index (Phi) is 3.10. The van der Waals surface area contributed by atoms with Gasteiger partial charge in [0.15, 0.2) is 11.5 Å². The maximum Gasteiger partial charge on any atom is 0.164 e. The lowest BCUT2D eigenvalue weighted by atomic mass is 9.77. The van der Waals surface area contributed by atoms with Crippen LogP contribution in [0.2, 0.25) is 5.02 Å². The minimum atomic E-state index is -0.768. The summed E-state index contributed by atoms with van der Waals surface area (Å²) in [6, 6.07) is 1.02. The second kappa shape index (κ2) is 4.27. The minimum absolute atomic E-state index is 0.0321. The lowest BCUT2D eigenvalue weighted by Crippen LogP contribution is -2.38. The van der Waals surface area contributed by atoms with Crippen molar-refractivity contribution in [3.8, 4) is 17.2 Å². The summed E-state index contributed by atoms with van der Waals surface area (Å²) in [6.07, 6.45) is 4.36. The molecule has 17 heavy (non-hydrogen) atoms. The highest BCUT2D eigenvalue weighted by Crippen LogP contribution is 2.49. The molecule has 1 saturated carbocycles. The van der Waals surface area contributed by atoms with Gasteiger partial charge in [0.25, 0.3) is 0 Å². The number of halogens is 1. The van der Waals surface area contributed by atoms with Crippen LogP contribution in [-0.4, -0.2) is 15.3 Å². The molecule has 1 fully saturated rings. The van der Waals surface area contributed by atoms with Crippen molar-refractivity contribution in [3.63, 3.8) is 0 Å². The number of aromatic hydroxyl groups is 3. The summed E-state index contributed by atoms with van der Waals surface area (Å²) in [6.45, 7) is 0. The largest absolute Gasteiger partial charge is 0.506 e. The Hall–Kier alpha value is -1.13. The van der Waals surface area contributed by atoms with Crippen molar-refractivity contribution in [3.05, 3.63) is 16.7 Å². The predicted molar refractivity (Wildman–Crippen MR) is 65.4 cm³/mol. The molecule has 1 aliphatic rings. The second-order valence-corrected chi connectivity index (χ2v) is 5.05. The van der Waals surface area contributed by atoms with E-state index in [1.54, 1.807) is 0 Å². The fraction of sp³-hybridized carbons (Fsp3) is 0.500. The van der Waals surface area contributed by atoms with Crippen LogP contribution in [0.4, 0.5) is 0 Å². The summed E-state index contributed by atoms with van der Waals surface area (Å²) in [5.74, 6) is -0.970. The molecule has 4 nitrogen and oxygen atoms in total. The quantitative estimate of drug-likeness (QED) is 0.460. The van der Waals surface area contributed by atoms with Crippen molar-refractivity contribution in [2.45, 2.75) is 37.6 Å². The Morgan fingerprint density at radius 2 is 1.65 bits per heavy atom. The van der Waals surface area contributed by atoms with Crippen LogP contribution in [0.5, 0.6) is 17.2 Å². The number of phenolic OH excluding ortho intramolecular Hbond substituents is 3. The number of hydrogen-bond donors (Lipinski definition) is 4. The molecule has 94 valence electrons. The average molecular weight is 258 g/mol. The molecule has 1 aliphatic carbocycles. The Bertz CT molecular complexity index is 416.